The van der Waals surface area contributed by atoms with Gasteiger partial charge in [-0.15, -0.1) is 0 Å². The lowest BCUT2D eigenvalue weighted by atomic mass is 10.1. The first kappa shape index (κ1) is 32.4. The first-order valence-corrected chi connectivity index (χ1v) is 11.2. The maximum atomic E-state index is 10.6. The molecule has 1 unspecified atom stereocenters. The molecular formula is C25H22F6N4O6. The fourth-order valence-corrected chi connectivity index (χ4v) is 3.04. The van der Waals surface area contributed by atoms with E-state index in [1.54, 1.807) is 23.3 Å². The van der Waals surface area contributed by atoms with Gasteiger partial charge in [-0.1, -0.05) is 30.3 Å². The summed E-state index contributed by atoms with van der Waals surface area (Å²) in [6.07, 6.45) is -5.33. The number of carbonyl (C=O) groups is 2. The van der Waals surface area contributed by atoms with Gasteiger partial charge in [-0.25, -0.2) is 14.6 Å². The van der Waals surface area contributed by atoms with Crippen molar-refractivity contribution in [1.82, 2.24) is 14.8 Å². The number of carboxylic acid groups (broad SMARTS) is 2. The Kier molecular flexibility index (Phi) is 11.0. The molecular weight excluding hydrogens is 566 g/mol. The van der Waals surface area contributed by atoms with Crippen LogP contribution in [-0.2, 0) is 16.6 Å². The number of nitrogens with zero attached hydrogens (tertiary/aromatic N) is 3. The Labute approximate surface area is 227 Å². The third-order valence-corrected chi connectivity index (χ3v) is 4.86. The van der Waals surface area contributed by atoms with Gasteiger partial charge in [0, 0.05) is 25.4 Å². The number of aryl methyl sites for hydroxylation is 1. The van der Waals surface area contributed by atoms with Crippen LogP contribution in [0.2, 0.25) is 0 Å². The number of carboxylic acids is 2. The Balaban J connectivity index is 0.000000349. The third-order valence-electron chi connectivity index (χ3n) is 4.86. The van der Waals surface area contributed by atoms with Crippen molar-refractivity contribution in [1.29, 1.82) is 0 Å². The molecule has 16 heteroatoms. The second-order valence-corrected chi connectivity index (χ2v) is 7.74. The van der Waals surface area contributed by atoms with Gasteiger partial charge < -0.3 is 25.1 Å². The summed E-state index contributed by atoms with van der Waals surface area (Å²) in [5.74, 6) is -4.18. The number of pyridine rings is 1. The van der Waals surface area contributed by atoms with Crippen molar-refractivity contribution in [3.05, 3.63) is 78.8 Å². The summed E-state index contributed by atoms with van der Waals surface area (Å²) >= 11 is 0. The summed E-state index contributed by atoms with van der Waals surface area (Å²) in [6, 6.07) is 17.5. The molecule has 220 valence electrons. The number of alkyl halides is 6. The minimum absolute atomic E-state index is 0.248. The van der Waals surface area contributed by atoms with Crippen molar-refractivity contribution >= 4 is 11.9 Å². The Morgan fingerprint density at radius 2 is 1.59 bits per heavy atom. The Morgan fingerprint density at radius 1 is 1.00 bits per heavy atom. The average Bonchev–Trinajstić information content (AvgIpc) is 3.59. The van der Waals surface area contributed by atoms with E-state index in [4.69, 9.17) is 34.7 Å². The highest BCUT2D eigenvalue weighted by molar-refractivity contribution is 5.77. The van der Waals surface area contributed by atoms with Gasteiger partial charge in [0.2, 0.25) is 0 Å². The third kappa shape index (κ3) is 9.68. The highest BCUT2D eigenvalue weighted by Crippen LogP contribution is 2.34. The summed E-state index contributed by atoms with van der Waals surface area (Å²) in [6.45, 7) is 0.366. The number of furan rings is 1. The van der Waals surface area contributed by atoms with E-state index in [9.17, 15) is 26.3 Å². The van der Waals surface area contributed by atoms with E-state index < -0.39 is 24.3 Å². The molecule has 4 aromatic rings. The molecule has 1 atom stereocenters. The topological polar surface area (TPSA) is 154 Å². The fourth-order valence-electron chi connectivity index (χ4n) is 3.04. The summed E-state index contributed by atoms with van der Waals surface area (Å²) in [4.78, 5) is 22.4. The first-order chi connectivity index (χ1) is 19.1. The number of aliphatic carboxylic acids is 2. The van der Waals surface area contributed by atoms with Crippen molar-refractivity contribution < 1.29 is 55.3 Å². The van der Waals surface area contributed by atoms with Crippen LogP contribution in [0.15, 0.2) is 77.7 Å². The van der Waals surface area contributed by atoms with Crippen molar-refractivity contribution in [3.63, 3.8) is 0 Å². The van der Waals surface area contributed by atoms with Crippen LogP contribution in [0.5, 0.6) is 5.75 Å². The predicted molar refractivity (Wildman–Crippen MR) is 130 cm³/mol. The summed E-state index contributed by atoms with van der Waals surface area (Å²) in [5.41, 5.74) is 9.50. The molecule has 0 fully saturated rings. The van der Waals surface area contributed by atoms with Gasteiger partial charge in [0.05, 0.1) is 18.2 Å². The first-order valence-electron chi connectivity index (χ1n) is 11.2. The standard InChI is InChI=1S/C21H20N4O2.2C2HF3O2/c1-25-18(9-10-24-25)17-12-16(14-23-21(17)19-8-5-11-26-19)27-20(13-22)15-6-3-2-4-7-15;2*3-2(4,5)1(6)7/h2-12,14,20H,13,22H2,1H3;2*(H,6,7). The Hall–Kier alpha value is -4.86. The molecule has 41 heavy (non-hydrogen) atoms. The van der Waals surface area contributed by atoms with Gasteiger partial charge in [-0.05, 0) is 29.8 Å². The van der Waals surface area contributed by atoms with Crippen molar-refractivity contribution in [3.8, 4) is 28.5 Å². The van der Waals surface area contributed by atoms with Crippen LogP contribution >= 0.6 is 0 Å². The van der Waals surface area contributed by atoms with Crippen molar-refractivity contribution in [2.45, 2.75) is 18.5 Å². The number of ether oxygens (including phenoxy) is 1. The Morgan fingerprint density at radius 3 is 2.02 bits per heavy atom. The maximum absolute atomic E-state index is 10.6. The zero-order valence-electron chi connectivity index (χ0n) is 20.9. The number of rotatable bonds is 6. The smallest absolute Gasteiger partial charge is 0.483 e. The van der Waals surface area contributed by atoms with Gasteiger partial charge in [0.25, 0.3) is 0 Å². The Bertz CT molecular complexity index is 1380. The van der Waals surface area contributed by atoms with Crippen molar-refractivity contribution in [2.75, 3.05) is 6.54 Å². The molecule has 0 radical (unpaired) electrons. The lowest BCUT2D eigenvalue weighted by Gasteiger charge is -2.19. The normalized spacial score (nSPS) is 11.8. The molecule has 4 N–H and O–H groups in total. The molecule has 10 nitrogen and oxygen atoms in total. The molecule has 3 heterocycles. The number of hydrogen-bond donors (Lipinski definition) is 3. The zero-order chi connectivity index (χ0) is 30.8. The lowest BCUT2D eigenvalue weighted by Crippen LogP contribution is -2.21. The van der Waals surface area contributed by atoms with Gasteiger partial charge in [-0.3, -0.25) is 4.68 Å². The highest BCUT2D eigenvalue weighted by atomic mass is 19.4. The lowest BCUT2D eigenvalue weighted by molar-refractivity contribution is -0.193. The van der Waals surface area contributed by atoms with Gasteiger partial charge in [0.15, 0.2) is 5.76 Å². The molecule has 1 aromatic carbocycles. The molecule has 0 saturated carbocycles. The van der Waals surface area contributed by atoms with Gasteiger partial charge >= 0.3 is 24.3 Å². The molecule has 0 bridgehead atoms. The van der Waals surface area contributed by atoms with E-state index in [0.29, 0.717) is 18.1 Å². The SMILES string of the molecule is Cn1nccc1-c1cc(OC(CN)c2ccccc2)cnc1-c1ccco1.O=C(O)C(F)(F)F.O=C(O)C(F)(F)F. The van der Waals surface area contributed by atoms with E-state index in [1.807, 2.05) is 61.6 Å². The molecule has 0 aliphatic heterocycles. The number of nitrogens with two attached hydrogens (primary N) is 1. The maximum Gasteiger partial charge on any atom is 0.490 e. The number of benzene rings is 1. The number of hydrogen-bond acceptors (Lipinski definition) is 7. The molecule has 3 aromatic heterocycles. The summed E-state index contributed by atoms with van der Waals surface area (Å²) in [7, 11) is 1.89. The van der Waals surface area contributed by atoms with Crippen LogP contribution in [-0.4, -0.2) is 55.8 Å². The number of aromatic nitrogens is 3. The minimum Gasteiger partial charge on any atom is -0.483 e. The van der Waals surface area contributed by atoms with E-state index in [0.717, 1.165) is 22.5 Å². The van der Waals surface area contributed by atoms with E-state index in [-0.39, 0.29) is 6.10 Å². The second kappa shape index (κ2) is 14.0. The van der Waals surface area contributed by atoms with Crippen LogP contribution < -0.4 is 10.5 Å². The highest BCUT2D eigenvalue weighted by Gasteiger charge is 2.38. The van der Waals surface area contributed by atoms with E-state index in [1.165, 1.54) is 0 Å². The van der Waals surface area contributed by atoms with Crippen LogP contribution in [0, 0.1) is 0 Å². The largest absolute Gasteiger partial charge is 0.490 e. The van der Waals surface area contributed by atoms with Crippen LogP contribution in [0.1, 0.15) is 11.7 Å². The van der Waals surface area contributed by atoms with Gasteiger partial charge in [-0.2, -0.15) is 31.4 Å². The summed E-state index contributed by atoms with van der Waals surface area (Å²) < 4.78 is 77.0. The molecule has 4 rings (SSSR count). The molecule has 0 aliphatic rings. The van der Waals surface area contributed by atoms with Gasteiger partial charge in [0.1, 0.15) is 17.5 Å². The molecule has 0 amide bonds. The monoisotopic (exact) mass is 588 g/mol. The molecule has 0 aliphatic carbocycles. The van der Waals surface area contributed by atoms with Crippen LogP contribution in [0.25, 0.3) is 22.7 Å². The van der Waals surface area contributed by atoms with E-state index >= 15 is 0 Å². The molecule has 0 spiro atoms. The fraction of sp³-hybridized carbons (Fsp3) is 0.200. The minimum atomic E-state index is -5.08. The number of halogens is 6. The quantitative estimate of drug-likeness (QED) is 0.262. The van der Waals surface area contributed by atoms with E-state index in [2.05, 4.69) is 10.1 Å². The van der Waals surface area contributed by atoms with Crippen LogP contribution in [0.3, 0.4) is 0 Å². The molecule has 0 saturated heterocycles. The zero-order valence-corrected chi connectivity index (χ0v) is 20.9. The second-order valence-electron chi connectivity index (χ2n) is 7.74. The summed E-state index contributed by atoms with van der Waals surface area (Å²) in [5, 5.41) is 18.5. The average molecular weight is 588 g/mol. The predicted octanol–water partition coefficient (Wildman–Crippen LogP) is 5.09. The van der Waals surface area contributed by atoms with Crippen molar-refractivity contribution in [2.24, 2.45) is 12.8 Å². The van der Waals surface area contributed by atoms with Crippen LogP contribution in [0.4, 0.5) is 26.3 Å².